The van der Waals surface area contributed by atoms with Crippen molar-refractivity contribution in [3.05, 3.63) is 45.9 Å². The Morgan fingerprint density at radius 3 is 2.72 bits per heavy atom. The van der Waals surface area contributed by atoms with Gasteiger partial charge in [0.05, 0.1) is 25.9 Å². The number of methoxy groups -OCH3 is 1. The summed E-state index contributed by atoms with van der Waals surface area (Å²) in [7, 11) is 1.68. The molecule has 0 bridgehead atoms. The first-order chi connectivity index (χ1) is 13.8. The summed E-state index contributed by atoms with van der Waals surface area (Å²) in [4.78, 5) is 9.47. The summed E-state index contributed by atoms with van der Waals surface area (Å²) < 4.78 is 10.6. The summed E-state index contributed by atoms with van der Waals surface area (Å²) in [5.41, 5.74) is 2.39. The van der Waals surface area contributed by atoms with E-state index in [1.807, 2.05) is 31.2 Å². The van der Waals surface area contributed by atoms with E-state index in [0.29, 0.717) is 19.0 Å². The topological polar surface area (TPSA) is 67.8 Å². The summed E-state index contributed by atoms with van der Waals surface area (Å²) in [6.45, 7) is 5.64. The number of nitrogens with one attached hydrogen (secondary N) is 2. The van der Waals surface area contributed by atoms with Gasteiger partial charge in [-0.25, -0.2) is 9.98 Å². The largest absolute Gasteiger partial charge is 0.497 e. The molecule has 3 rings (SSSR count). The van der Waals surface area contributed by atoms with Gasteiger partial charge in [-0.3, -0.25) is 0 Å². The summed E-state index contributed by atoms with van der Waals surface area (Å²) in [6.07, 6.45) is 3.51. The van der Waals surface area contributed by atoms with Crippen LogP contribution in [0, 0.1) is 0 Å². The van der Waals surface area contributed by atoms with E-state index in [2.05, 4.69) is 16.0 Å². The van der Waals surface area contributed by atoms with Gasteiger partial charge in [-0.2, -0.15) is 0 Å². The predicted octanol–water partition coefficient (Wildman–Crippen LogP) is 4.31. The SMILES string of the molecule is CCOCCCNC(=NCc1ccc(OC)cc1)NCc1nc(C2CC2)cs1.I. The standard InChI is InChI=1S/C21H30N4O2S.HI/c1-3-27-12-4-11-22-21(23-13-16-5-9-18(26-2)10-6-16)24-14-20-25-19(15-28-20)17-7-8-17;/h5-6,9-10,15,17H,3-4,7-8,11-14H2,1-2H3,(H2,22,23,24);1H. The Kier molecular flexibility index (Phi) is 10.7. The van der Waals surface area contributed by atoms with Crippen LogP contribution in [0.5, 0.6) is 5.75 Å². The highest BCUT2D eigenvalue weighted by molar-refractivity contribution is 14.0. The Balaban J connectivity index is 0.00000300. The Bertz CT molecular complexity index is 747. The van der Waals surface area contributed by atoms with Crippen LogP contribution in [0.15, 0.2) is 34.6 Å². The number of aromatic nitrogens is 1. The normalized spacial score (nSPS) is 13.7. The van der Waals surface area contributed by atoms with Gasteiger partial charge in [-0.15, -0.1) is 35.3 Å². The summed E-state index contributed by atoms with van der Waals surface area (Å²) >= 11 is 1.72. The second-order valence-corrected chi connectivity index (χ2v) is 7.73. The molecule has 8 heteroatoms. The van der Waals surface area contributed by atoms with Crippen molar-refractivity contribution in [2.45, 2.75) is 45.2 Å². The number of ether oxygens (including phenoxy) is 2. The van der Waals surface area contributed by atoms with Gasteiger partial charge in [0.2, 0.25) is 0 Å². The highest BCUT2D eigenvalue weighted by Gasteiger charge is 2.25. The van der Waals surface area contributed by atoms with E-state index in [9.17, 15) is 0 Å². The molecule has 0 atom stereocenters. The van der Waals surface area contributed by atoms with Gasteiger partial charge in [0, 0.05) is 31.1 Å². The van der Waals surface area contributed by atoms with Crippen LogP contribution in [0.2, 0.25) is 0 Å². The van der Waals surface area contributed by atoms with Crippen molar-refractivity contribution >= 4 is 41.3 Å². The highest BCUT2D eigenvalue weighted by Crippen LogP contribution is 2.40. The Labute approximate surface area is 194 Å². The van der Waals surface area contributed by atoms with Gasteiger partial charge >= 0.3 is 0 Å². The molecule has 1 heterocycles. The van der Waals surface area contributed by atoms with Crippen LogP contribution in [0.3, 0.4) is 0 Å². The van der Waals surface area contributed by atoms with E-state index in [4.69, 9.17) is 19.5 Å². The number of benzene rings is 1. The molecule has 0 aliphatic heterocycles. The second kappa shape index (κ2) is 13.0. The van der Waals surface area contributed by atoms with Crippen molar-refractivity contribution in [1.29, 1.82) is 0 Å². The summed E-state index contributed by atoms with van der Waals surface area (Å²) in [5, 5.41) is 10.1. The molecule has 0 saturated heterocycles. The molecular weight excluding hydrogens is 499 g/mol. The third kappa shape index (κ3) is 8.47. The Morgan fingerprint density at radius 1 is 1.24 bits per heavy atom. The van der Waals surface area contributed by atoms with Crippen molar-refractivity contribution in [1.82, 2.24) is 15.6 Å². The minimum absolute atomic E-state index is 0. The highest BCUT2D eigenvalue weighted by atomic mass is 127. The van der Waals surface area contributed by atoms with Crippen LogP contribution in [-0.4, -0.2) is 37.8 Å². The number of rotatable bonds is 11. The molecule has 1 aromatic carbocycles. The monoisotopic (exact) mass is 530 g/mol. The van der Waals surface area contributed by atoms with Gasteiger partial charge in [0.15, 0.2) is 5.96 Å². The third-order valence-electron chi connectivity index (χ3n) is 4.51. The van der Waals surface area contributed by atoms with Crippen molar-refractivity contribution < 1.29 is 9.47 Å². The van der Waals surface area contributed by atoms with Gasteiger partial charge in [0.25, 0.3) is 0 Å². The predicted molar refractivity (Wildman–Crippen MR) is 130 cm³/mol. The molecule has 2 N–H and O–H groups in total. The molecule has 0 unspecified atom stereocenters. The lowest BCUT2D eigenvalue weighted by atomic mass is 10.2. The van der Waals surface area contributed by atoms with Gasteiger partial charge in [0.1, 0.15) is 10.8 Å². The van der Waals surface area contributed by atoms with Gasteiger partial charge in [-0.1, -0.05) is 12.1 Å². The smallest absolute Gasteiger partial charge is 0.191 e. The Hall–Kier alpha value is -1.39. The maximum absolute atomic E-state index is 5.41. The number of halogens is 1. The molecular formula is C21H31IN4O2S. The average Bonchev–Trinajstić information content (AvgIpc) is 3.48. The molecule has 1 fully saturated rings. The number of aliphatic imine (C=N–C) groups is 1. The van der Waals surface area contributed by atoms with E-state index in [1.165, 1.54) is 18.5 Å². The molecule has 1 aliphatic carbocycles. The molecule has 2 aromatic rings. The van der Waals surface area contributed by atoms with Crippen LogP contribution in [-0.2, 0) is 17.8 Å². The van der Waals surface area contributed by atoms with Gasteiger partial charge in [-0.05, 0) is 43.9 Å². The summed E-state index contributed by atoms with van der Waals surface area (Å²) in [5.74, 6) is 2.36. The molecule has 1 aromatic heterocycles. The lowest BCUT2D eigenvalue weighted by molar-refractivity contribution is 0.145. The van der Waals surface area contributed by atoms with Crippen molar-refractivity contribution in [3.8, 4) is 5.75 Å². The Morgan fingerprint density at radius 2 is 2.03 bits per heavy atom. The molecule has 6 nitrogen and oxygen atoms in total. The van der Waals surface area contributed by atoms with Crippen LogP contribution in [0.1, 0.15) is 48.4 Å². The molecule has 1 saturated carbocycles. The number of nitrogens with zero attached hydrogens (tertiary/aromatic N) is 2. The molecule has 0 radical (unpaired) electrons. The maximum atomic E-state index is 5.41. The first-order valence-electron chi connectivity index (χ1n) is 9.95. The molecule has 1 aliphatic rings. The quantitative estimate of drug-likeness (QED) is 0.196. The fraction of sp³-hybridized carbons (Fsp3) is 0.524. The molecule has 0 amide bonds. The van der Waals surface area contributed by atoms with Crippen molar-refractivity contribution in [3.63, 3.8) is 0 Å². The van der Waals surface area contributed by atoms with E-state index < -0.39 is 0 Å². The van der Waals surface area contributed by atoms with Crippen molar-refractivity contribution in [2.75, 3.05) is 26.9 Å². The lowest BCUT2D eigenvalue weighted by Crippen LogP contribution is -2.37. The lowest BCUT2D eigenvalue weighted by Gasteiger charge is -2.12. The zero-order valence-electron chi connectivity index (χ0n) is 17.1. The molecule has 29 heavy (non-hydrogen) atoms. The van der Waals surface area contributed by atoms with Crippen molar-refractivity contribution in [2.24, 2.45) is 4.99 Å². The number of guanidine groups is 1. The first-order valence-corrected chi connectivity index (χ1v) is 10.8. The van der Waals surface area contributed by atoms with Crippen LogP contribution < -0.4 is 15.4 Å². The fourth-order valence-electron chi connectivity index (χ4n) is 2.73. The summed E-state index contributed by atoms with van der Waals surface area (Å²) in [6, 6.07) is 8.00. The number of hydrogen-bond donors (Lipinski definition) is 2. The van der Waals surface area contributed by atoms with Crippen LogP contribution in [0.25, 0.3) is 0 Å². The van der Waals surface area contributed by atoms with E-state index in [-0.39, 0.29) is 24.0 Å². The molecule has 0 spiro atoms. The zero-order chi connectivity index (χ0) is 19.6. The fourth-order valence-corrected chi connectivity index (χ4v) is 3.55. The van der Waals surface area contributed by atoms with E-state index >= 15 is 0 Å². The number of hydrogen-bond acceptors (Lipinski definition) is 5. The average molecular weight is 530 g/mol. The van der Waals surface area contributed by atoms with Crippen LogP contribution in [0.4, 0.5) is 0 Å². The van der Waals surface area contributed by atoms with Crippen LogP contribution >= 0.6 is 35.3 Å². The minimum Gasteiger partial charge on any atom is -0.497 e. The zero-order valence-corrected chi connectivity index (χ0v) is 20.3. The van der Waals surface area contributed by atoms with E-state index in [0.717, 1.165) is 48.5 Å². The molecule has 160 valence electrons. The third-order valence-corrected chi connectivity index (χ3v) is 5.38. The van der Waals surface area contributed by atoms with E-state index in [1.54, 1.807) is 18.4 Å². The van der Waals surface area contributed by atoms with Gasteiger partial charge < -0.3 is 20.1 Å². The maximum Gasteiger partial charge on any atom is 0.191 e. The second-order valence-electron chi connectivity index (χ2n) is 6.78. The number of thiazole rings is 1. The first kappa shape index (κ1) is 23.9. The minimum atomic E-state index is 0.